The molecule has 0 saturated carbocycles. The van der Waals surface area contributed by atoms with Crippen LogP contribution in [-0.2, 0) is 13.0 Å². The highest BCUT2D eigenvalue weighted by atomic mass is 15.5. The number of hydrogen-bond acceptors (Lipinski definition) is 6. The quantitative estimate of drug-likeness (QED) is 0.712. The minimum Gasteiger partial charge on any atom is -0.360 e. The first-order valence-corrected chi connectivity index (χ1v) is 6.30. The van der Waals surface area contributed by atoms with E-state index in [9.17, 15) is 0 Å². The second-order valence-electron chi connectivity index (χ2n) is 4.42. The highest BCUT2D eigenvalue weighted by Crippen LogP contribution is 2.23. The van der Waals surface area contributed by atoms with Gasteiger partial charge in [-0.1, -0.05) is 12.1 Å². The van der Waals surface area contributed by atoms with Crippen LogP contribution in [0.1, 0.15) is 17.0 Å². The predicted octanol–water partition coefficient (Wildman–Crippen LogP) is 0.822. The Balaban J connectivity index is 1.87. The van der Waals surface area contributed by atoms with Gasteiger partial charge in [-0.2, -0.15) is 10.5 Å². The van der Waals surface area contributed by atoms with Crippen LogP contribution < -0.4 is 10.6 Å². The highest BCUT2D eigenvalue weighted by Gasteiger charge is 2.12. The molecule has 0 fully saturated rings. The standard InChI is InChI=1S/C13H13N7/c14-6-10(13-17-19-20-18-13)8-16-12-3-1-2-9-7-15-5-4-11(9)12/h1-3,8,15-16H,4-5,7H2,(H,17,18,19,20). The molecule has 2 heterocycles. The molecule has 1 aliphatic rings. The lowest BCUT2D eigenvalue weighted by molar-refractivity contribution is 0.645. The second kappa shape index (κ2) is 5.50. The molecular weight excluding hydrogens is 254 g/mol. The zero-order chi connectivity index (χ0) is 13.8. The number of allylic oxidation sites excluding steroid dienone is 1. The van der Waals surface area contributed by atoms with Crippen molar-refractivity contribution in [3.63, 3.8) is 0 Å². The van der Waals surface area contributed by atoms with Gasteiger partial charge in [-0.25, -0.2) is 0 Å². The van der Waals surface area contributed by atoms with Crippen molar-refractivity contribution in [2.75, 3.05) is 11.9 Å². The molecule has 7 heteroatoms. The molecule has 0 unspecified atom stereocenters. The third-order valence-corrected chi connectivity index (χ3v) is 3.22. The number of aromatic nitrogens is 4. The lowest BCUT2D eigenvalue weighted by atomic mass is 9.99. The molecule has 0 atom stereocenters. The summed E-state index contributed by atoms with van der Waals surface area (Å²) in [5.41, 5.74) is 3.92. The van der Waals surface area contributed by atoms with Gasteiger partial charge < -0.3 is 10.6 Å². The van der Waals surface area contributed by atoms with Crippen LogP contribution in [0.25, 0.3) is 5.57 Å². The van der Waals surface area contributed by atoms with E-state index in [1.807, 2.05) is 12.1 Å². The van der Waals surface area contributed by atoms with Crippen molar-refractivity contribution in [1.29, 1.82) is 5.26 Å². The Hall–Kier alpha value is -2.72. The largest absolute Gasteiger partial charge is 0.360 e. The maximum absolute atomic E-state index is 9.12. The average Bonchev–Trinajstić information content (AvgIpc) is 3.02. The Morgan fingerprint density at radius 3 is 3.20 bits per heavy atom. The van der Waals surface area contributed by atoms with Crippen LogP contribution >= 0.6 is 0 Å². The Labute approximate surface area is 115 Å². The summed E-state index contributed by atoms with van der Waals surface area (Å²) in [4.78, 5) is 0. The fraction of sp³-hybridized carbons (Fsp3) is 0.231. The summed E-state index contributed by atoms with van der Waals surface area (Å²) in [5.74, 6) is 0.284. The molecule has 0 saturated heterocycles. The molecule has 2 aromatic rings. The Kier molecular flexibility index (Phi) is 3.39. The third-order valence-electron chi connectivity index (χ3n) is 3.22. The van der Waals surface area contributed by atoms with E-state index in [4.69, 9.17) is 5.26 Å². The number of rotatable bonds is 3. The minimum atomic E-state index is 0.284. The number of nitrogens with one attached hydrogen (secondary N) is 3. The second-order valence-corrected chi connectivity index (χ2v) is 4.42. The van der Waals surface area contributed by atoms with Crippen LogP contribution in [0.15, 0.2) is 24.4 Å². The minimum absolute atomic E-state index is 0.284. The number of benzene rings is 1. The number of nitrogens with zero attached hydrogens (tertiary/aromatic N) is 4. The third kappa shape index (κ3) is 2.37. The highest BCUT2D eigenvalue weighted by molar-refractivity contribution is 5.74. The smallest absolute Gasteiger partial charge is 0.216 e. The number of hydrogen-bond donors (Lipinski definition) is 3. The summed E-state index contributed by atoms with van der Waals surface area (Å²) in [6, 6.07) is 8.18. The van der Waals surface area contributed by atoms with Gasteiger partial charge in [0, 0.05) is 18.4 Å². The molecule has 0 amide bonds. The molecule has 1 aromatic heterocycles. The maximum Gasteiger partial charge on any atom is 0.216 e. The zero-order valence-electron chi connectivity index (χ0n) is 10.7. The van der Waals surface area contributed by atoms with Gasteiger partial charge in [0.1, 0.15) is 11.6 Å². The molecule has 0 spiro atoms. The topological polar surface area (TPSA) is 102 Å². The van der Waals surface area contributed by atoms with Gasteiger partial charge in [-0.05, 0) is 35.4 Å². The van der Waals surface area contributed by atoms with Gasteiger partial charge in [-0.15, -0.1) is 10.2 Å². The first-order valence-electron chi connectivity index (χ1n) is 6.30. The molecule has 3 rings (SSSR count). The van der Waals surface area contributed by atoms with Crippen molar-refractivity contribution in [3.8, 4) is 6.07 Å². The van der Waals surface area contributed by atoms with Crippen molar-refractivity contribution in [3.05, 3.63) is 41.4 Å². The van der Waals surface area contributed by atoms with Crippen LogP contribution in [0.4, 0.5) is 5.69 Å². The van der Waals surface area contributed by atoms with Crippen molar-refractivity contribution < 1.29 is 0 Å². The molecule has 1 aromatic carbocycles. The number of H-pyrrole nitrogens is 1. The van der Waals surface area contributed by atoms with Gasteiger partial charge in [0.05, 0.1) is 0 Å². The van der Waals surface area contributed by atoms with Crippen LogP contribution in [-0.4, -0.2) is 27.2 Å². The van der Waals surface area contributed by atoms with Gasteiger partial charge in [-0.3, -0.25) is 0 Å². The summed E-state index contributed by atoms with van der Waals surface area (Å²) in [5, 5.41) is 29.0. The van der Waals surface area contributed by atoms with Gasteiger partial charge in [0.2, 0.25) is 5.82 Å². The summed E-state index contributed by atoms with van der Waals surface area (Å²) in [6.45, 7) is 1.84. The van der Waals surface area contributed by atoms with E-state index in [2.05, 4.69) is 43.4 Å². The molecular formula is C13H13N7. The van der Waals surface area contributed by atoms with Crippen LogP contribution in [0.2, 0.25) is 0 Å². The van der Waals surface area contributed by atoms with Crippen molar-refractivity contribution in [2.45, 2.75) is 13.0 Å². The van der Waals surface area contributed by atoms with Gasteiger partial charge in [0.15, 0.2) is 0 Å². The van der Waals surface area contributed by atoms with E-state index < -0.39 is 0 Å². The number of tetrazole rings is 1. The van der Waals surface area contributed by atoms with Crippen molar-refractivity contribution in [1.82, 2.24) is 25.9 Å². The molecule has 0 aliphatic carbocycles. The van der Waals surface area contributed by atoms with E-state index in [1.165, 1.54) is 11.1 Å². The van der Waals surface area contributed by atoms with Crippen LogP contribution in [0, 0.1) is 11.3 Å². The summed E-state index contributed by atoms with van der Waals surface area (Å²) >= 11 is 0. The van der Waals surface area contributed by atoms with Crippen LogP contribution in [0.5, 0.6) is 0 Å². The summed E-state index contributed by atoms with van der Waals surface area (Å²) in [7, 11) is 0. The Bertz CT molecular complexity index is 667. The lowest BCUT2D eigenvalue weighted by Gasteiger charge is -2.20. The molecule has 20 heavy (non-hydrogen) atoms. The molecule has 0 radical (unpaired) electrons. The van der Waals surface area contributed by atoms with Gasteiger partial charge in [0.25, 0.3) is 0 Å². The molecule has 7 nitrogen and oxygen atoms in total. The van der Waals surface area contributed by atoms with E-state index in [-0.39, 0.29) is 5.82 Å². The Morgan fingerprint density at radius 2 is 2.40 bits per heavy atom. The number of anilines is 1. The van der Waals surface area contributed by atoms with Crippen molar-refractivity contribution in [2.24, 2.45) is 0 Å². The van der Waals surface area contributed by atoms with E-state index in [1.54, 1.807) is 6.20 Å². The number of aromatic amines is 1. The van der Waals surface area contributed by atoms with Crippen LogP contribution in [0.3, 0.4) is 0 Å². The van der Waals surface area contributed by atoms with E-state index in [0.717, 1.165) is 25.2 Å². The number of fused-ring (bicyclic) bond motifs is 1. The lowest BCUT2D eigenvalue weighted by Crippen LogP contribution is -2.24. The average molecular weight is 267 g/mol. The van der Waals surface area contributed by atoms with Crippen molar-refractivity contribution >= 4 is 11.3 Å². The molecule has 100 valence electrons. The fourth-order valence-electron chi connectivity index (χ4n) is 2.24. The predicted molar refractivity (Wildman–Crippen MR) is 73.2 cm³/mol. The normalized spacial score (nSPS) is 14.4. The Morgan fingerprint density at radius 1 is 1.45 bits per heavy atom. The first-order chi connectivity index (χ1) is 9.88. The monoisotopic (exact) mass is 267 g/mol. The molecule has 0 bridgehead atoms. The SMILES string of the molecule is N#CC(=CNc1cccc2c1CCNC2)c1nn[nH]n1. The van der Waals surface area contributed by atoms with E-state index in [0.29, 0.717) is 5.57 Å². The van der Waals surface area contributed by atoms with E-state index >= 15 is 0 Å². The number of nitriles is 1. The zero-order valence-corrected chi connectivity index (χ0v) is 10.7. The summed E-state index contributed by atoms with van der Waals surface area (Å²) < 4.78 is 0. The molecule has 3 N–H and O–H groups in total. The maximum atomic E-state index is 9.12. The van der Waals surface area contributed by atoms with Gasteiger partial charge >= 0.3 is 0 Å². The molecule has 1 aliphatic heterocycles. The fourth-order valence-corrected chi connectivity index (χ4v) is 2.24. The first kappa shape index (κ1) is 12.3. The summed E-state index contributed by atoms with van der Waals surface area (Å²) in [6.07, 6.45) is 2.58.